The second-order valence-corrected chi connectivity index (χ2v) is 6.79. The Kier molecular flexibility index (Phi) is 9.51. The Morgan fingerprint density at radius 3 is 2.58 bits per heavy atom. The molecule has 1 saturated heterocycles. The molecule has 24 heavy (non-hydrogen) atoms. The molecule has 0 unspecified atom stereocenters. The Labute approximate surface area is 155 Å². The summed E-state index contributed by atoms with van der Waals surface area (Å²) in [5.41, 5.74) is 7.18. The lowest BCUT2D eigenvalue weighted by molar-refractivity contribution is -0.134. The summed E-state index contributed by atoms with van der Waals surface area (Å²) >= 11 is 1.73. The van der Waals surface area contributed by atoms with E-state index in [0.29, 0.717) is 0 Å². The number of carbonyl (C=O) groups excluding carboxylic acids is 1. The number of nitrogens with two attached hydrogens (primary N) is 1. The lowest BCUT2D eigenvalue weighted by atomic mass is 10.1. The third kappa shape index (κ3) is 5.84. The molecule has 0 bridgehead atoms. The van der Waals surface area contributed by atoms with E-state index in [0.717, 1.165) is 50.6 Å². The summed E-state index contributed by atoms with van der Waals surface area (Å²) in [5.74, 6) is 1.95. The second-order valence-electron chi connectivity index (χ2n) is 5.80. The van der Waals surface area contributed by atoms with Crippen LogP contribution in [-0.2, 0) is 11.3 Å². The first-order valence-corrected chi connectivity index (χ1v) is 9.42. The van der Waals surface area contributed by atoms with Gasteiger partial charge in [0.15, 0.2) is 0 Å². The summed E-state index contributed by atoms with van der Waals surface area (Å²) < 4.78 is 5.41. The average molecular weight is 374 g/mol. The minimum atomic E-state index is -0.358. The summed E-state index contributed by atoms with van der Waals surface area (Å²) in [5, 5.41) is 0. The summed E-state index contributed by atoms with van der Waals surface area (Å²) in [6, 6.07) is 7.73. The van der Waals surface area contributed by atoms with Crippen molar-refractivity contribution in [3.63, 3.8) is 0 Å². The van der Waals surface area contributed by atoms with Gasteiger partial charge in [0.1, 0.15) is 5.75 Å². The van der Waals surface area contributed by atoms with E-state index >= 15 is 0 Å². The molecule has 0 saturated carbocycles. The van der Waals surface area contributed by atoms with Gasteiger partial charge in [-0.15, -0.1) is 12.4 Å². The number of hydrogen-bond acceptors (Lipinski definition) is 5. The van der Waals surface area contributed by atoms with E-state index in [-0.39, 0.29) is 24.4 Å². The lowest BCUT2D eigenvalue weighted by Gasteiger charge is -2.36. The van der Waals surface area contributed by atoms with Crippen molar-refractivity contribution in [1.82, 2.24) is 9.80 Å². The molecule has 1 aliphatic heterocycles. The van der Waals surface area contributed by atoms with Crippen molar-refractivity contribution < 1.29 is 9.53 Å². The van der Waals surface area contributed by atoms with Gasteiger partial charge in [-0.2, -0.15) is 11.8 Å². The molecule has 2 N–H and O–H groups in total. The van der Waals surface area contributed by atoms with E-state index in [1.165, 1.54) is 5.56 Å². The third-order valence-electron chi connectivity index (χ3n) is 4.22. The van der Waals surface area contributed by atoms with Crippen molar-refractivity contribution in [2.24, 2.45) is 5.73 Å². The summed E-state index contributed by atoms with van der Waals surface area (Å²) in [6.07, 6.45) is 2.79. The van der Waals surface area contributed by atoms with Crippen molar-refractivity contribution in [3.05, 3.63) is 29.8 Å². The van der Waals surface area contributed by atoms with Gasteiger partial charge in [0, 0.05) is 38.3 Å². The fourth-order valence-electron chi connectivity index (χ4n) is 2.80. The van der Waals surface area contributed by atoms with Crippen molar-refractivity contribution >= 4 is 30.1 Å². The van der Waals surface area contributed by atoms with Crippen LogP contribution in [-0.4, -0.2) is 67.0 Å². The maximum Gasteiger partial charge on any atom is 0.239 e. The number of methoxy groups -OCH3 is 1. The van der Waals surface area contributed by atoms with Gasteiger partial charge in [0.05, 0.1) is 13.2 Å². The molecule has 1 aliphatic rings. The molecule has 0 spiro atoms. The average Bonchev–Trinajstić information content (AvgIpc) is 2.60. The monoisotopic (exact) mass is 373 g/mol. The Bertz CT molecular complexity index is 510. The molecule has 1 fully saturated rings. The Morgan fingerprint density at radius 1 is 1.29 bits per heavy atom. The van der Waals surface area contributed by atoms with Gasteiger partial charge < -0.3 is 15.4 Å². The molecule has 1 atom stereocenters. The maximum absolute atomic E-state index is 12.3. The minimum Gasteiger partial charge on any atom is -0.496 e. The Hall–Kier alpha value is -0.950. The molecule has 1 aromatic rings. The number of rotatable bonds is 7. The number of hydrogen-bond donors (Lipinski definition) is 1. The fourth-order valence-corrected chi connectivity index (χ4v) is 3.29. The van der Waals surface area contributed by atoms with Crippen LogP contribution in [0.2, 0.25) is 0 Å². The van der Waals surface area contributed by atoms with Crippen molar-refractivity contribution in [2.75, 3.05) is 45.3 Å². The summed E-state index contributed by atoms with van der Waals surface area (Å²) in [4.78, 5) is 16.6. The predicted molar refractivity (Wildman–Crippen MR) is 103 cm³/mol. The minimum absolute atomic E-state index is 0. The number of halogens is 1. The molecule has 1 amide bonds. The predicted octanol–water partition coefficient (Wildman–Crippen LogP) is 1.84. The number of ether oxygens (including phenoxy) is 1. The molecule has 0 aliphatic carbocycles. The smallest absolute Gasteiger partial charge is 0.239 e. The zero-order chi connectivity index (χ0) is 16.7. The molecule has 136 valence electrons. The lowest BCUT2D eigenvalue weighted by Crippen LogP contribution is -2.53. The number of carbonyl (C=O) groups is 1. The van der Waals surface area contributed by atoms with Crippen LogP contribution in [0.1, 0.15) is 12.0 Å². The van der Waals surface area contributed by atoms with E-state index in [1.807, 2.05) is 29.4 Å². The van der Waals surface area contributed by atoms with Crippen LogP contribution < -0.4 is 10.5 Å². The number of para-hydroxylation sites is 1. The summed E-state index contributed by atoms with van der Waals surface area (Å²) in [7, 11) is 1.70. The van der Waals surface area contributed by atoms with E-state index in [9.17, 15) is 4.79 Å². The summed E-state index contributed by atoms with van der Waals surface area (Å²) in [6.45, 7) is 4.10. The largest absolute Gasteiger partial charge is 0.496 e. The molecule has 1 heterocycles. The van der Waals surface area contributed by atoms with Crippen molar-refractivity contribution in [1.29, 1.82) is 0 Å². The topological polar surface area (TPSA) is 58.8 Å². The van der Waals surface area contributed by atoms with Crippen LogP contribution in [0, 0.1) is 0 Å². The van der Waals surface area contributed by atoms with Crippen LogP contribution in [0.3, 0.4) is 0 Å². The Morgan fingerprint density at radius 2 is 1.96 bits per heavy atom. The molecular weight excluding hydrogens is 346 g/mol. The van der Waals surface area contributed by atoms with Gasteiger partial charge in [-0.25, -0.2) is 0 Å². The number of thioether (sulfide) groups is 1. The standard InChI is InChI=1S/C17H27N3O2S.ClH/c1-22-16-6-4-3-5-14(16)13-19-8-10-20(11-9-19)17(21)15(18)7-12-23-2;/h3-6,15H,7-13,18H2,1-2H3;1H/t15-;/m0./s1. The first-order chi connectivity index (χ1) is 11.2. The molecule has 0 radical (unpaired) electrons. The molecule has 5 nitrogen and oxygen atoms in total. The zero-order valence-electron chi connectivity index (χ0n) is 14.4. The van der Waals surface area contributed by atoms with Crippen molar-refractivity contribution in [3.8, 4) is 5.75 Å². The Balaban J connectivity index is 0.00000288. The molecule has 0 aromatic heterocycles. The van der Waals surface area contributed by atoms with Crippen LogP contribution in [0.25, 0.3) is 0 Å². The van der Waals surface area contributed by atoms with Gasteiger partial charge >= 0.3 is 0 Å². The molecule has 7 heteroatoms. The van der Waals surface area contributed by atoms with E-state index in [4.69, 9.17) is 10.5 Å². The van der Waals surface area contributed by atoms with Crippen molar-refractivity contribution in [2.45, 2.75) is 19.0 Å². The SMILES string of the molecule is COc1ccccc1CN1CCN(C(=O)[C@@H](N)CCSC)CC1.Cl. The van der Waals surface area contributed by atoms with Crippen LogP contribution in [0.4, 0.5) is 0 Å². The first kappa shape index (κ1) is 21.1. The quantitative estimate of drug-likeness (QED) is 0.790. The van der Waals surface area contributed by atoms with E-state index in [1.54, 1.807) is 18.9 Å². The fraction of sp³-hybridized carbons (Fsp3) is 0.588. The van der Waals surface area contributed by atoms with Gasteiger partial charge in [-0.1, -0.05) is 18.2 Å². The van der Waals surface area contributed by atoms with Gasteiger partial charge in [0.25, 0.3) is 0 Å². The highest BCUT2D eigenvalue weighted by Crippen LogP contribution is 2.20. The zero-order valence-corrected chi connectivity index (χ0v) is 16.1. The molecule has 1 aromatic carbocycles. The third-order valence-corrected chi connectivity index (χ3v) is 4.86. The van der Waals surface area contributed by atoms with Gasteiger partial charge in [-0.05, 0) is 24.5 Å². The van der Waals surface area contributed by atoms with Crippen LogP contribution in [0.15, 0.2) is 24.3 Å². The first-order valence-electron chi connectivity index (χ1n) is 8.03. The van der Waals surface area contributed by atoms with Crippen LogP contribution in [0.5, 0.6) is 5.75 Å². The van der Waals surface area contributed by atoms with Gasteiger partial charge in [-0.3, -0.25) is 9.69 Å². The van der Waals surface area contributed by atoms with Crippen LogP contribution >= 0.6 is 24.2 Å². The number of piperazine rings is 1. The number of amides is 1. The highest BCUT2D eigenvalue weighted by atomic mass is 35.5. The maximum atomic E-state index is 12.3. The van der Waals surface area contributed by atoms with E-state index < -0.39 is 0 Å². The van der Waals surface area contributed by atoms with Gasteiger partial charge in [0.2, 0.25) is 5.91 Å². The molecular formula is C17H28ClN3O2S. The number of nitrogens with zero attached hydrogens (tertiary/aromatic N) is 2. The van der Waals surface area contributed by atoms with E-state index in [2.05, 4.69) is 11.0 Å². The molecule has 2 rings (SSSR count). The normalized spacial score (nSPS) is 16.4. The highest BCUT2D eigenvalue weighted by Gasteiger charge is 2.25. The second kappa shape index (κ2) is 10.8. The highest BCUT2D eigenvalue weighted by molar-refractivity contribution is 7.98. The number of benzene rings is 1.